The zero-order chi connectivity index (χ0) is 23.2. The Bertz CT molecular complexity index is 1100. The number of benzene rings is 3. The van der Waals surface area contributed by atoms with Gasteiger partial charge >= 0.3 is 0 Å². The summed E-state index contributed by atoms with van der Waals surface area (Å²) in [5.41, 5.74) is 3.82. The summed E-state index contributed by atoms with van der Waals surface area (Å²) in [5, 5.41) is 3.09. The summed E-state index contributed by atoms with van der Waals surface area (Å²) in [4.78, 5) is 14.9. The quantitative estimate of drug-likeness (QED) is 0.558. The molecule has 1 atom stereocenters. The molecule has 0 unspecified atom stereocenters. The second-order valence-electron chi connectivity index (χ2n) is 8.20. The maximum atomic E-state index is 14.4. The molecular formula is C27H29FN2O3. The predicted octanol–water partition coefficient (Wildman–Crippen LogP) is 4.30. The van der Waals surface area contributed by atoms with Crippen LogP contribution in [0.3, 0.4) is 0 Å². The van der Waals surface area contributed by atoms with Gasteiger partial charge in [-0.15, -0.1) is 0 Å². The fourth-order valence-electron chi connectivity index (χ4n) is 4.41. The van der Waals surface area contributed by atoms with Gasteiger partial charge in [0.1, 0.15) is 5.82 Å². The Labute approximate surface area is 194 Å². The van der Waals surface area contributed by atoms with Crippen LogP contribution in [0.25, 0.3) is 0 Å². The Hall–Kier alpha value is -3.38. The Balaban J connectivity index is 1.59. The Morgan fingerprint density at radius 1 is 1.03 bits per heavy atom. The monoisotopic (exact) mass is 448 g/mol. The molecule has 3 aromatic rings. The van der Waals surface area contributed by atoms with Gasteiger partial charge in [-0.2, -0.15) is 0 Å². The lowest BCUT2D eigenvalue weighted by molar-refractivity contribution is -0.120. The zero-order valence-electron chi connectivity index (χ0n) is 19.0. The number of nitrogens with zero attached hydrogens (tertiary/aromatic N) is 1. The maximum Gasteiger partial charge on any atom is 0.224 e. The van der Waals surface area contributed by atoms with Crippen LogP contribution in [-0.4, -0.2) is 38.1 Å². The van der Waals surface area contributed by atoms with Gasteiger partial charge in [-0.3, -0.25) is 9.69 Å². The first-order valence-electron chi connectivity index (χ1n) is 11.1. The highest BCUT2D eigenvalue weighted by Crippen LogP contribution is 2.38. The lowest BCUT2D eigenvalue weighted by Crippen LogP contribution is -2.42. The van der Waals surface area contributed by atoms with E-state index in [0.29, 0.717) is 36.6 Å². The van der Waals surface area contributed by atoms with Crippen LogP contribution in [0.5, 0.6) is 11.5 Å². The van der Waals surface area contributed by atoms with Gasteiger partial charge in [-0.25, -0.2) is 4.39 Å². The molecule has 0 aliphatic carbocycles. The van der Waals surface area contributed by atoms with E-state index in [1.807, 2.05) is 54.6 Å². The van der Waals surface area contributed by atoms with Crippen molar-refractivity contribution in [1.29, 1.82) is 0 Å². The van der Waals surface area contributed by atoms with Crippen LogP contribution < -0.4 is 14.8 Å². The predicted molar refractivity (Wildman–Crippen MR) is 126 cm³/mol. The molecule has 0 fully saturated rings. The normalized spacial score (nSPS) is 15.5. The fraction of sp³-hybridized carbons (Fsp3) is 0.296. The van der Waals surface area contributed by atoms with Crippen molar-refractivity contribution in [1.82, 2.24) is 10.2 Å². The molecule has 0 saturated heterocycles. The number of hydrogen-bond donors (Lipinski definition) is 1. The molecule has 0 radical (unpaired) electrons. The molecule has 0 saturated carbocycles. The minimum absolute atomic E-state index is 0.0420. The van der Waals surface area contributed by atoms with Crippen LogP contribution in [0.15, 0.2) is 66.7 Å². The van der Waals surface area contributed by atoms with E-state index < -0.39 is 0 Å². The first-order chi connectivity index (χ1) is 16.1. The van der Waals surface area contributed by atoms with Crippen molar-refractivity contribution in [3.63, 3.8) is 0 Å². The van der Waals surface area contributed by atoms with Crippen molar-refractivity contribution < 1.29 is 18.7 Å². The number of ether oxygens (including phenoxy) is 2. The van der Waals surface area contributed by atoms with Gasteiger partial charge < -0.3 is 14.8 Å². The smallest absolute Gasteiger partial charge is 0.224 e. The molecule has 33 heavy (non-hydrogen) atoms. The van der Waals surface area contributed by atoms with Crippen LogP contribution in [0.4, 0.5) is 4.39 Å². The zero-order valence-corrected chi connectivity index (χ0v) is 19.0. The van der Waals surface area contributed by atoms with Gasteiger partial charge in [-0.05, 0) is 41.3 Å². The summed E-state index contributed by atoms with van der Waals surface area (Å²) in [7, 11) is 3.24. The molecule has 1 heterocycles. The molecule has 1 N–H and O–H groups in total. The summed E-state index contributed by atoms with van der Waals surface area (Å²) >= 11 is 0. The van der Waals surface area contributed by atoms with Crippen LogP contribution >= 0.6 is 0 Å². The number of hydrogen-bond acceptors (Lipinski definition) is 4. The van der Waals surface area contributed by atoms with Crippen molar-refractivity contribution in [2.24, 2.45) is 0 Å². The van der Waals surface area contributed by atoms with E-state index in [4.69, 9.17) is 9.47 Å². The summed E-state index contributed by atoms with van der Waals surface area (Å²) in [6.45, 7) is 1.62. The minimum atomic E-state index is -0.220. The van der Waals surface area contributed by atoms with E-state index in [1.54, 1.807) is 20.3 Å². The lowest BCUT2D eigenvalue weighted by atomic mass is 9.91. The van der Waals surface area contributed by atoms with Gasteiger partial charge in [0.05, 0.1) is 26.7 Å². The van der Waals surface area contributed by atoms with Crippen molar-refractivity contribution in [3.05, 3.63) is 94.8 Å². The molecule has 6 heteroatoms. The second-order valence-corrected chi connectivity index (χ2v) is 8.20. The molecule has 1 aliphatic heterocycles. The van der Waals surface area contributed by atoms with Gasteiger partial charge in [0.25, 0.3) is 0 Å². The van der Waals surface area contributed by atoms with Crippen LogP contribution in [0.2, 0.25) is 0 Å². The Morgan fingerprint density at radius 3 is 2.45 bits per heavy atom. The minimum Gasteiger partial charge on any atom is -0.493 e. The number of nitrogens with one attached hydrogen (secondary N) is 1. The highest BCUT2D eigenvalue weighted by atomic mass is 19.1. The van der Waals surface area contributed by atoms with Crippen molar-refractivity contribution in [2.45, 2.75) is 25.4 Å². The highest BCUT2D eigenvalue weighted by Gasteiger charge is 2.30. The van der Waals surface area contributed by atoms with Crippen molar-refractivity contribution in [3.8, 4) is 11.5 Å². The molecule has 0 bridgehead atoms. The lowest BCUT2D eigenvalue weighted by Gasteiger charge is -2.38. The van der Waals surface area contributed by atoms with Crippen LogP contribution in [0.1, 0.15) is 28.3 Å². The first-order valence-corrected chi connectivity index (χ1v) is 11.1. The van der Waals surface area contributed by atoms with E-state index in [1.165, 1.54) is 6.07 Å². The van der Waals surface area contributed by atoms with E-state index in [-0.39, 0.29) is 17.8 Å². The summed E-state index contributed by atoms with van der Waals surface area (Å²) < 4.78 is 25.4. The van der Waals surface area contributed by atoms with Gasteiger partial charge in [0.2, 0.25) is 5.91 Å². The average Bonchev–Trinajstić information content (AvgIpc) is 2.84. The molecule has 5 nitrogen and oxygen atoms in total. The van der Waals surface area contributed by atoms with Crippen LogP contribution in [0, 0.1) is 5.82 Å². The highest BCUT2D eigenvalue weighted by molar-refractivity contribution is 5.78. The standard InChI is InChI=1S/C27H29FN2O3/c1-32-25-15-20-12-13-30(18-21-10-6-7-11-23(21)28)24(22(20)16-26(25)33-2)17-29-27(31)14-19-8-4-3-5-9-19/h3-11,15-16,24H,12-14,17-18H2,1-2H3,(H,29,31)/t24-/m1/s1. The second kappa shape index (κ2) is 10.5. The third-order valence-corrected chi connectivity index (χ3v) is 6.14. The van der Waals surface area contributed by atoms with Crippen LogP contribution in [-0.2, 0) is 24.2 Å². The molecule has 3 aromatic carbocycles. The third kappa shape index (κ3) is 5.34. The number of methoxy groups -OCH3 is 2. The van der Waals surface area contributed by atoms with Crippen molar-refractivity contribution in [2.75, 3.05) is 27.3 Å². The fourth-order valence-corrected chi connectivity index (χ4v) is 4.41. The van der Waals surface area contributed by atoms with Gasteiger partial charge in [0, 0.05) is 25.2 Å². The average molecular weight is 449 g/mol. The molecular weight excluding hydrogens is 419 g/mol. The molecule has 4 rings (SSSR count). The number of rotatable bonds is 8. The number of carbonyl (C=O) groups excluding carboxylic acids is 1. The third-order valence-electron chi connectivity index (χ3n) is 6.14. The molecule has 0 spiro atoms. The summed E-state index contributed by atoms with van der Waals surface area (Å²) in [6.07, 6.45) is 1.12. The van der Waals surface area contributed by atoms with E-state index in [2.05, 4.69) is 10.2 Å². The van der Waals surface area contributed by atoms with E-state index >= 15 is 0 Å². The largest absolute Gasteiger partial charge is 0.493 e. The van der Waals surface area contributed by atoms with Gasteiger partial charge in [0.15, 0.2) is 11.5 Å². The molecule has 0 aromatic heterocycles. The number of amides is 1. The first kappa shape index (κ1) is 22.8. The van der Waals surface area contributed by atoms with E-state index in [9.17, 15) is 9.18 Å². The number of carbonyl (C=O) groups is 1. The number of halogens is 1. The van der Waals surface area contributed by atoms with Crippen molar-refractivity contribution >= 4 is 5.91 Å². The molecule has 1 amide bonds. The summed E-state index contributed by atoms with van der Waals surface area (Å²) in [5.74, 6) is 1.07. The molecule has 172 valence electrons. The molecule has 1 aliphatic rings. The maximum absolute atomic E-state index is 14.4. The van der Waals surface area contributed by atoms with E-state index in [0.717, 1.165) is 29.7 Å². The van der Waals surface area contributed by atoms with Gasteiger partial charge in [-0.1, -0.05) is 48.5 Å². The SMILES string of the molecule is COc1cc2c(cc1OC)[C@@H](CNC(=O)Cc1ccccc1)N(Cc1ccccc1F)CC2. The Morgan fingerprint density at radius 2 is 1.73 bits per heavy atom. The number of fused-ring (bicyclic) bond motifs is 1. The topological polar surface area (TPSA) is 50.8 Å². The Kier molecular flexibility index (Phi) is 7.25. The summed E-state index contributed by atoms with van der Waals surface area (Å²) in [6, 6.07) is 20.4.